The van der Waals surface area contributed by atoms with Crippen LogP contribution < -0.4 is 10.6 Å². The van der Waals surface area contributed by atoms with Gasteiger partial charge in [0.2, 0.25) is 0 Å². The Balaban J connectivity index is 0.00000261. The fourth-order valence-electron chi connectivity index (χ4n) is 2.75. The summed E-state index contributed by atoms with van der Waals surface area (Å²) >= 11 is 5.81. The number of hydrogen-bond donors (Lipinski definition) is 2. The number of benzene rings is 1. The lowest BCUT2D eigenvalue weighted by Gasteiger charge is -2.11. The highest BCUT2D eigenvalue weighted by Crippen LogP contribution is 2.25. The van der Waals surface area contributed by atoms with Crippen molar-refractivity contribution < 1.29 is 4.42 Å². The number of pyridine rings is 1. The molecule has 3 rings (SSSR count). The van der Waals surface area contributed by atoms with Crippen molar-refractivity contribution in [2.24, 2.45) is 4.99 Å². The van der Waals surface area contributed by atoms with E-state index in [2.05, 4.69) is 33.6 Å². The van der Waals surface area contributed by atoms with Crippen LogP contribution in [-0.2, 0) is 13.0 Å². The van der Waals surface area contributed by atoms with Crippen molar-refractivity contribution in [3.05, 3.63) is 64.6 Å². The van der Waals surface area contributed by atoms with E-state index in [-0.39, 0.29) is 24.0 Å². The molecule has 144 valence electrons. The molecule has 2 N–H and O–H groups in total. The fraction of sp³-hybridized carbons (Fsp3) is 0.300. The molecule has 7 heteroatoms. The van der Waals surface area contributed by atoms with Gasteiger partial charge in [-0.3, -0.25) is 0 Å². The number of aryl methyl sites for hydroxylation is 1. The Kier molecular flexibility index (Phi) is 8.37. The minimum absolute atomic E-state index is 0. The highest BCUT2D eigenvalue weighted by atomic mass is 127. The number of aromatic nitrogens is 1. The van der Waals surface area contributed by atoms with Gasteiger partial charge in [-0.2, -0.15) is 0 Å². The van der Waals surface area contributed by atoms with Gasteiger partial charge < -0.3 is 15.1 Å². The third kappa shape index (κ3) is 5.84. The van der Waals surface area contributed by atoms with E-state index in [1.165, 1.54) is 0 Å². The number of guanidine groups is 1. The van der Waals surface area contributed by atoms with Crippen LogP contribution in [-0.4, -0.2) is 24.0 Å². The van der Waals surface area contributed by atoms with E-state index < -0.39 is 0 Å². The van der Waals surface area contributed by atoms with Crippen LogP contribution in [0.2, 0.25) is 5.15 Å². The average Bonchev–Trinajstić information content (AvgIpc) is 2.97. The van der Waals surface area contributed by atoms with Crippen LogP contribution in [0.3, 0.4) is 0 Å². The Morgan fingerprint density at radius 2 is 2.00 bits per heavy atom. The zero-order valence-corrected chi connectivity index (χ0v) is 18.5. The second-order valence-electron chi connectivity index (χ2n) is 6.01. The second kappa shape index (κ2) is 10.5. The summed E-state index contributed by atoms with van der Waals surface area (Å²) in [6, 6.07) is 11.9. The van der Waals surface area contributed by atoms with Gasteiger partial charge >= 0.3 is 0 Å². The molecule has 5 nitrogen and oxygen atoms in total. The quantitative estimate of drug-likeness (QED) is 0.224. The maximum Gasteiger partial charge on any atom is 0.191 e. The van der Waals surface area contributed by atoms with Crippen molar-refractivity contribution in [1.29, 1.82) is 0 Å². The van der Waals surface area contributed by atoms with Crippen molar-refractivity contribution in [2.75, 3.05) is 13.1 Å². The first-order chi connectivity index (χ1) is 12.7. The highest BCUT2D eigenvalue weighted by Gasteiger charge is 2.09. The van der Waals surface area contributed by atoms with Gasteiger partial charge in [0, 0.05) is 30.2 Å². The Morgan fingerprint density at radius 1 is 1.19 bits per heavy atom. The Labute approximate surface area is 181 Å². The summed E-state index contributed by atoms with van der Waals surface area (Å²) in [6.07, 6.45) is 2.64. The van der Waals surface area contributed by atoms with E-state index in [1.54, 1.807) is 12.3 Å². The minimum atomic E-state index is 0. The number of hydrogen-bond acceptors (Lipinski definition) is 3. The van der Waals surface area contributed by atoms with Crippen LogP contribution in [0.4, 0.5) is 0 Å². The zero-order valence-electron chi connectivity index (χ0n) is 15.5. The number of nitrogens with zero attached hydrogens (tertiary/aromatic N) is 2. The number of fused-ring (bicyclic) bond motifs is 1. The van der Waals surface area contributed by atoms with E-state index in [9.17, 15) is 0 Å². The molecule has 0 aliphatic heterocycles. The van der Waals surface area contributed by atoms with Gasteiger partial charge in [0.15, 0.2) is 5.96 Å². The molecule has 2 heterocycles. The Hall–Kier alpha value is -1.80. The summed E-state index contributed by atoms with van der Waals surface area (Å²) in [6.45, 7) is 6.18. The molecule has 0 radical (unpaired) electrons. The third-order valence-electron chi connectivity index (χ3n) is 4.16. The molecular weight excluding hydrogens is 475 g/mol. The first-order valence-electron chi connectivity index (χ1n) is 8.77. The van der Waals surface area contributed by atoms with E-state index in [0.29, 0.717) is 11.7 Å². The topological polar surface area (TPSA) is 62.5 Å². The van der Waals surface area contributed by atoms with E-state index in [4.69, 9.17) is 16.0 Å². The lowest BCUT2D eigenvalue weighted by Crippen LogP contribution is -2.38. The van der Waals surface area contributed by atoms with Crippen LogP contribution in [0.5, 0.6) is 0 Å². The van der Waals surface area contributed by atoms with Crippen LogP contribution in [0, 0.1) is 6.92 Å². The van der Waals surface area contributed by atoms with Crippen LogP contribution in [0.25, 0.3) is 11.0 Å². The molecule has 0 atom stereocenters. The van der Waals surface area contributed by atoms with Gasteiger partial charge in [-0.05, 0) is 38.0 Å². The number of nitrogens with one attached hydrogen (secondary N) is 2. The SMILES string of the molecule is CCNC(=NCc1oc2ccccc2c1C)NCCc1ccc(Cl)nc1.I. The number of rotatable bonds is 6. The zero-order chi connectivity index (χ0) is 18.4. The highest BCUT2D eigenvalue weighted by molar-refractivity contribution is 14.0. The van der Waals surface area contributed by atoms with Crippen molar-refractivity contribution in [3.8, 4) is 0 Å². The molecule has 0 saturated carbocycles. The first kappa shape index (κ1) is 21.5. The molecule has 0 saturated heterocycles. The predicted octanol–water partition coefficient (Wildman–Crippen LogP) is 4.71. The molecule has 3 aromatic rings. The lowest BCUT2D eigenvalue weighted by molar-refractivity contribution is 0.548. The second-order valence-corrected chi connectivity index (χ2v) is 6.39. The Morgan fingerprint density at radius 3 is 2.70 bits per heavy atom. The van der Waals surface area contributed by atoms with Gasteiger partial charge in [0.25, 0.3) is 0 Å². The van der Waals surface area contributed by atoms with Crippen molar-refractivity contribution in [3.63, 3.8) is 0 Å². The van der Waals surface area contributed by atoms with Crippen molar-refractivity contribution in [1.82, 2.24) is 15.6 Å². The monoisotopic (exact) mass is 498 g/mol. The van der Waals surface area contributed by atoms with E-state index in [1.807, 2.05) is 31.2 Å². The summed E-state index contributed by atoms with van der Waals surface area (Å²) < 4.78 is 5.93. The molecule has 0 aliphatic rings. The minimum Gasteiger partial charge on any atom is -0.459 e. The summed E-state index contributed by atoms with van der Waals surface area (Å²) in [4.78, 5) is 8.75. The summed E-state index contributed by atoms with van der Waals surface area (Å²) in [5.41, 5.74) is 3.18. The predicted molar refractivity (Wildman–Crippen MR) is 122 cm³/mol. The van der Waals surface area contributed by atoms with E-state index in [0.717, 1.165) is 53.3 Å². The molecule has 0 bridgehead atoms. The normalized spacial score (nSPS) is 11.3. The maximum absolute atomic E-state index is 5.93. The Bertz CT molecular complexity index is 893. The molecule has 0 aliphatic carbocycles. The van der Waals surface area contributed by atoms with Gasteiger partial charge in [-0.15, -0.1) is 24.0 Å². The number of halogens is 2. The molecule has 0 amide bonds. The van der Waals surface area contributed by atoms with Gasteiger partial charge in [0.05, 0.1) is 0 Å². The van der Waals surface area contributed by atoms with Crippen LogP contribution >= 0.6 is 35.6 Å². The molecule has 27 heavy (non-hydrogen) atoms. The smallest absolute Gasteiger partial charge is 0.191 e. The summed E-state index contributed by atoms with van der Waals surface area (Å²) in [7, 11) is 0. The molecular formula is C20H24ClIN4O. The van der Waals surface area contributed by atoms with Crippen LogP contribution in [0.1, 0.15) is 23.8 Å². The van der Waals surface area contributed by atoms with Crippen molar-refractivity contribution in [2.45, 2.75) is 26.8 Å². The summed E-state index contributed by atoms with van der Waals surface area (Å²) in [5, 5.41) is 8.26. The largest absolute Gasteiger partial charge is 0.459 e. The lowest BCUT2D eigenvalue weighted by atomic mass is 10.1. The van der Waals surface area contributed by atoms with Gasteiger partial charge in [0.1, 0.15) is 23.0 Å². The molecule has 1 aromatic carbocycles. The first-order valence-corrected chi connectivity index (χ1v) is 9.14. The van der Waals surface area contributed by atoms with Gasteiger partial charge in [-0.25, -0.2) is 9.98 Å². The number of furan rings is 1. The standard InChI is InChI=1S/C20H23ClN4O.HI/c1-3-22-20(23-11-10-15-8-9-19(21)24-12-15)25-13-18-14(2)16-6-4-5-7-17(16)26-18;/h4-9,12H,3,10-11,13H2,1-2H3,(H2,22,23,25);1H. The van der Waals surface area contributed by atoms with E-state index >= 15 is 0 Å². The molecule has 0 spiro atoms. The molecule has 0 fully saturated rings. The maximum atomic E-state index is 5.93. The van der Waals surface area contributed by atoms with Crippen molar-refractivity contribution >= 4 is 52.5 Å². The summed E-state index contributed by atoms with van der Waals surface area (Å²) in [5.74, 6) is 1.67. The number of aliphatic imine (C=N–C) groups is 1. The third-order valence-corrected chi connectivity index (χ3v) is 4.39. The average molecular weight is 499 g/mol. The van der Waals surface area contributed by atoms with Gasteiger partial charge in [-0.1, -0.05) is 35.9 Å². The van der Waals surface area contributed by atoms with Crippen LogP contribution in [0.15, 0.2) is 52.0 Å². The fourth-order valence-corrected chi connectivity index (χ4v) is 2.86. The number of para-hydroxylation sites is 1. The molecule has 2 aromatic heterocycles. The molecule has 0 unspecified atom stereocenters.